The third-order valence-electron chi connectivity index (χ3n) is 2.09. The van der Waals surface area contributed by atoms with Gasteiger partial charge in [0, 0.05) is 21.7 Å². The van der Waals surface area contributed by atoms with Gasteiger partial charge in [-0.2, -0.15) is 18.5 Å². The number of nitrogen functional groups attached to an aromatic ring is 1. The molecule has 86 valence electrons. The van der Waals surface area contributed by atoms with Crippen LogP contribution in [0.15, 0.2) is 17.0 Å². The minimum atomic E-state index is -1.17. The van der Waals surface area contributed by atoms with Crippen molar-refractivity contribution >= 4 is 28.3 Å². The minimum absolute atomic E-state index is 0.0325. The highest BCUT2D eigenvalue weighted by atomic mass is 32.3. The van der Waals surface area contributed by atoms with Gasteiger partial charge in [-0.3, -0.25) is 0 Å². The molecule has 0 radical (unpaired) electrons. The first-order valence-corrected chi connectivity index (χ1v) is 7.48. The van der Waals surface area contributed by atoms with Gasteiger partial charge in [0.05, 0.1) is 0 Å². The van der Waals surface area contributed by atoms with Gasteiger partial charge in [0.25, 0.3) is 0 Å². The maximum Gasteiger partial charge on any atom is 0.200 e. The van der Waals surface area contributed by atoms with Crippen LogP contribution in [0.5, 0.6) is 11.5 Å². The number of benzene rings is 1. The molecule has 0 aliphatic carbocycles. The van der Waals surface area contributed by atoms with E-state index in [9.17, 15) is 5.11 Å². The molecule has 0 spiro atoms. The van der Waals surface area contributed by atoms with Crippen molar-refractivity contribution in [1.82, 2.24) is 0 Å². The molecule has 0 amide bonds. The zero-order valence-electron chi connectivity index (χ0n) is 8.73. The predicted octanol–water partition coefficient (Wildman–Crippen LogP) is 1.54. The molecular weight excluding hydrogens is 232 g/mol. The molecule has 0 aliphatic heterocycles. The Balaban J connectivity index is 3.39. The van der Waals surface area contributed by atoms with Crippen molar-refractivity contribution < 1.29 is 9.94 Å². The summed E-state index contributed by atoms with van der Waals surface area (Å²) in [6.07, 6.45) is 4.10. The second kappa shape index (κ2) is 4.42. The van der Waals surface area contributed by atoms with E-state index in [1.54, 1.807) is 6.07 Å². The van der Waals surface area contributed by atoms with Gasteiger partial charge in [-0.05, 0) is 18.6 Å². The highest BCUT2D eigenvalue weighted by Gasteiger charge is 2.21. The van der Waals surface area contributed by atoms with Crippen LogP contribution in [0.3, 0.4) is 0 Å². The maximum absolute atomic E-state index is 9.63. The van der Waals surface area contributed by atoms with E-state index in [0.717, 1.165) is 4.90 Å². The van der Waals surface area contributed by atoms with Crippen molar-refractivity contribution in [3.05, 3.63) is 12.1 Å². The van der Waals surface area contributed by atoms with Gasteiger partial charge in [-0.25, -0.2) is 10.0 Å². The molecule has 1 rings (SSSR count). The van der Waals surface area contributed by atoms with Crippen LogP contribution in [0.2, 0.25) is 0 Å². The summed E-state index contributed by atoms with van der Waals surface area (Å²) >= 11 is 4.29. The van der Waals surface area contributed by atoms with Crippen LogP contribution in [-0.2, 0) is 0 Å². The van der Waals surface area contributed by atoms with E-state index >= 15 is 0 Å². The number of phenols is 1. The fourth-order valence-corrected chi connectivity index (χ4v) is 2.87. The van der Waals surface area contributed by atoms with Crippen molar-refractivity contribution in [2.24, 2.45) is 5.90 Å². The smallest absolute Gasteiger partial charge is 0.200 e. The Bertz CT molecular complexity index is 369. The van der Waals surface area contributed by atoms with Crippen LogP contribution in [-0.4, -0.2) is 22.7 Å². The van der Waals surface area contributed by atoms with E-state index in [2.05, 4.69) is 25.1 Å². The topological polar surface area (TPSA) is 81.5 Å². The van der Waals surface area contributed by atoms with E-state index in [0.29, 0.717) is 16.5 Å². The molecule has 0 heterocycles. The number of rotatable bonds is 3. The number of aromatic hydroxyl groups is 1. The number of thiol groups is 1. The van der Waals surface area contributed by atoms with E-state index in [1.165, 1.54) is 6.07 Å². The molecule has 1 aromatic carbocycles. The first-order valence-electron chi connectivity index (χ1n) is 4.23. The summed E-state index contributed by atoms with van der Waals surface area (Å²) in [5.74, 6) is 5.40. The minimum Gasteiger partial charge on any atom is -0.504 e. The standard InChI is InChI=1S/C9H16N2O2S2/c1-15(2,5-14)8-4-6(10)3-7(12)9(8)13-11/h3-4,12,14H,5,10-11H2,1-2H3. The van der Waals surface area contributed by atoms with Gasteiger partial charge < -0.3 is 15.7 Å². The van der Waals surface area contributed by atoms with E-state index < -0.39 is 10.0 Å². The van der Waals surface area contributed by atoms with Crippen LogP contribution in [0.4, 0.5) is 5.69 Å². The predicted molar refractivity (Wildman–Crippen MR) is 68.9 cm³/mol. The lowest BCUT2D eigenvalue weighted by Gasteiger charge is -2.31. The molecule has 4 nitrogen and oxygen atoms in total. The molecule has 5 N–H and O–H groups in total. The zero-order chi connectivity index (χ0) is 11.6. The molecule has 0 bridgehead atoms. The number of anilines is 1. The summed E-state index contributed by atoms with van der Waals surface area (Å²) < 4.78 is 0. The Hall–Kier alpha value is -0.720. The summed E-state index contributed by atoms with van der Waals surface area (Å²) in [5.41, 5.74) is 6.16. The second-order valence-electron chi connectivity index (χ2n) is 3.65. The average Bonchev–Trinajstić information content (AvgIpc) is 2.16. The van der Waals surface area contributed by atoms with E-state index in [1.807, 2.05) is 0 Å². The number of hydrogen-bond donors (Lipinski definition) is 4. The van der Waals surface area contributed by atoms with Gasteiger partial charge in [-0.15, -0.1) is 0 Å². The fourth-order valence-electron chi connectivity index (χ4n) is 1.21. The van der Waals surface area contributed by atoms with Crippen LogP contribution < -0.4 is 16.5 Å². The highest BCUT2D eigenvalue weighted by molar-refractivity contribution is 8.37. The summed E-state index contributed by atoms with van der Waals surface area (Å²) in [6.45, 7) is 0. The Morgan fingerprint density at radius 3 is 2.53 bits per heavy atom. The molecule has 0 aromatic heterocycles. The molecule has 0 saturated carbocycles. The third kappa shape index (κ3) is 2.45. The van der Waals surface area contributed by atoms with E-state index in [4.69, 9.17) is 16.5 Å². The lowest BCUT2D eigenvalue weighted by atomic mass is 10.3. The SMILES string of the molecule is CS(C)(CS)c1cc(N)cc(O)c1ON. The molecule has 0 atom stereocenters. The lowest BCUT2D eigenvalue weighted by Crippen LogP contribution is -2.08. The van der Waals surface area contributed by atoms with Crippen molar-refractivity contribution in [2.45, 2.75) is 4.90 Å². The first kappa shape index (κ1) is 12.4. The van der Waals surface area contributed by atoms with Crippen LogP contribution in [0, 0.1) is 0 Å². The third-order valence-corrected chi connectivity index (χ3v) is 6.17. The zero-order valence-corrected chi connectivity index (χ0v) is 10.4. The first-order chi connectivity index (χ1) is 6.92. The largest absolute Gasteiger partial charge is 0.504 e. The Labute approximate surface area is 96.3 Å². The highest BCUT2D eigenvalue weighted by Crippen LogP contribution is 2.56. The molecule has 15 heavy (non-hydrogen) atoms. The molecular formula is C9H16N2O2S2. The van der Waals surface area contributed by atoms with E-state index in [-0.39, 0.29) is 5.75 Å². The molecule has 6 heteroatoms. The normalized spacial score (nSPS) is 12.5. The molecule has 0 fully saturated rings. The second-order valence-corrected chi connectivity index (χ2v) is 8.20. The average molecular weight is 248 g/mol. The number of nitrogens with two attached hydrogens (primary N) is 2. The Morgan fingerprint density at radius 1 is 1.47 bits per heavy atom. The van der Waals surface area contributed by atoms with Crippen LogP contribution >= 0.6 is 22.7 Å². The summed E-state index contributed by atoms with van der Waals surface area (Å²) in [5, 5.41) is 10.3. The Morgan fingerprint density at radius 2 is 2.07 bits per heavy atom. The van der Waals surface area contributed by atoms with Crippen LogP contribution in [0.25, 0.3) is 0 Å². The van der Waals surface area contributed by atoms with Gasteiger partial charge in [0.15, 0.2) is 5.75 Å². The molecule has 1 aromatic rings. The molecule has 0 unspecified atom stereocenters. The van der Waals surface area contributed by atoms with Gasteiger partial charge in [0.2, 0.25) is 5.75 Å². The molecule has 0 aliphatic rings. The van der Waals surface area contributed by atoms with Crippen molar-refractivity contribution in [1.29, 1.82) is 0 Å². The van der Waals surface area contributed by atoms with Gasteiger partial charge in [-0.1, -0.05) is 0 Å². The Kier molecular flexibility index (Phi) is 3.64. The quantitative estimate of drug-likeness (QED) is 0.371. The van der Waals surface area contributed by atoms with Gasteiger partial charge in [0.1, 0.15) is 0 Å². The van der Waals surface area contributed by atoms with Crippen molar-refractivity contribution in [3.8, 4) is 11.5 Å². The van der Waals surface area contributed by atoms with Gasteiger partial charge >= 0.3 is 0 Å². The fraction of sp³-hybridized carbons (Fsp3) is 0.333. The summed E-state index contributed by atoms with van der Waals surface area (Å²) in [7, 11) is -1.17. The monoisotopic (exact) mass is 248 g/mol. The van der Waals surface area contributed by atoms with Crippen LogP contribution in [0.1, 0.15) is 0 Å². The maximum atomic E-state index is 9.63. The number of hydrogen-bond acceptors (Lipinski definition) is 5. The molecule has 0 saturated heterocycles. The van der Waals surface area contributed by atoms with Crippen molar-refractivity contribution in [3.63, 3.8) is 0 Å². The summed E-state index contributed by atoms with van der Waals surface area (Å²) in [6, 6.07) is 3.19. The summed E-state index contributed by atoms with van der Waals surface area (Å²) in [4.78, 5) is 5.53. The van der Waals surface area contributed by atoms with Crippen molar-refractivity contribution in [2.75, 3.05) is 23.3 Å². The number of phenolic OH excluding ortho intramolecular Hbond substituents is 1. The lowest BCUT2D eigenvalue weighted by molar-refractivity contribution is 0.304.